The predicted octanol–water partition coefficient (Wildman–Crippen LogP) is 6.56. The van der Waals surface area contributed by atoms with Crippen LogP contribution < -0.4 is 14.6 Å². The third-order valence-corrected chi connectivity index (χ3v) is 7.14. The molecular weight excluding hydrogens is 623 g/mol. The molecule has 4 rings (SSSR count). The van der Waals surface area contributed by atoms with Gasteiger partial charge in [0, 0.05) is 32.8 Å². The van der Waals surface area contributed by atoms with Gasteiger partial charge in [0.1, 0.15) is 0 Å². The third kappa shape index (κ3) is 14.4. The average molecular weight is 658 g/mol. The Kier molecular flexibility index (Phi) is 15.0. The van der Waals surface area contributed by atoms with Crippen molar-refractivity contribution in [3.8, 4) is 0 Å². The molecule has 0 bridgehead atoms. The predicted molar refractivity (Wildman–Crippen MR) is 175 cm³/mol. The lowest BCUT2D eigenvalue weighted by Crippen LogP contribution is -2.49. The van der Waals surface area contributed by atoms with Crippen molar-refractivity contribution in [2.45, 2.75) is 37.6 Å². The Morgan fingerprint density at radius 1 is 1.00 bits per heavy atom. The van der Waals surface area contributed by atoms with E-state index in [1.165, 1.54) is 11.9 Å². The summed E-state index contributed by atoms with van der Waals surface area (Å²) in [4.78, 5) is 5.55. The van der Waals surface area contributed by atoms with Crippen molar-refractivity contribution in [1.29, 1.82) is 0 Å². The smallest absolute Gasteiger partial charge is 0.274 e. The highest BCUT2D eigenvalue weighted by molar-refractivity contribution is 7.98. The topological polar surface area (TPSA) is 112 Å². The van der Waals surface area contributed by atoms with E-state index in [-0.39, 0.29) is 6.54 Å². The Morgan fingerprint density at radius 2 is 1.49 bits per heavy atom. The fraction of sp³-hybridized carbons (Fsp3) is 0.286. The molecule has 0 atom stereocenters. The van der Waals surface area contributed by atoms with E-state index >= 15 is 0 Å². The monoisotopic (exact) mass is 656 g/mol. The van der Waals surface area contributed by atoms with Crippen molar-refractivity contribution in [3.63, 3.8) is 0 Å². The second-order valence-corrected chi connectivity index (χ2v) is 12.8. The number of hydrazone groups is 1. The largest absolute Gasteiger partial charge is 0.295 e. The van der Waals surface area contributed by atoms with Crippen molar-refractivity contribution < 1.29 is 8.42 Å². The molecule has 0 aromatic heterocycles. The maximum Gasteiger partial charge on any atom is 0.274 e. The zero-order valence-electron chi connectivity index (χ0n) is 23.1. The molecule has 41 heavy (non-hydrogen) atoms. The summed E-state index contributed by atoms with van der Waals surface area (Å²) in [5.74, 6) is 1.22. The van der Waals surface area contributed by atoms with Crippen molar-refractivity contribution in [3.05, 3.63) is 101 Å². The lowest BCUT2D eigenvalue weighted by Gasteiger charge is -2.24. The van der Waals surface area contributed by atoms with Crippen molar-refractivity contribution in [2.75, 3.05) is 19.0 Å². The molecular formula is C28H35Cl3N6O2S2. The highest BCUT2D eigenvalue weighted by atomic mass is 35.5. The Hall–Kier alpha value is -2.31. The molecule has 4 N–H and O–H groups in total. The van der Waals surface area contributed by atoms with Crippen LogP contribution in [0.5, 0.6) is 0 Å². The van der Waals surface area contributed by atoms with Crippen LogP contribution in [0.4, 0.5) is 0 Å². The van der Waals surface area contributed by atoms with Crippen LogP contribution in [-0.2, 0) is 10.2 Å². The van der Waals surface area contributed by atoms with E-state index in [1.54, 1.807) is 31.0 Å². The molecule has 3 aromatic carbocycles. The molecule has 3 aromatic rings. The van der Waals surface area contributed by atoms with Gasteiger partial charge in [0.05, 0.1) is 18.8 Å². The summed E-state index contributed by atoms with van der Waals surface area (Å²) >= 11 is 18.3. The number of hydrogen-bond acceptors (Lipinski definition) is 5. The SMILES string of the molecule is CC(C)(CN=C(NSc1ccc(Cl)cc1)N1CCC(c2ccc(Cl)cc2)=N1)NS(N)(=O)=O.CCCl.c1ccccc1. The molecule has 0 unspecified atom stereocenters. The van der Waals surface area contributed by atoms with Crippen LogP contribution in [0.1, 0.15) is 32.8 Å². The number of halogens is 3. The number of aliphatic imine (C=N–C) groups is 1. The molecule has 0 spiro atoms. The average Bonchev–Trinajstić information content (AvgIpc) is 3.41. The van der Waals surface area contributed by atoms with Crippen LogP contribution in [0, 0.1) is 0 Å². The number of hydrogen-bond donors (Lipinski definition) is 3. The second kappa shape index (κ2) is 17.6. The minimum absolute atomic E-state index is 0.148. The minimum atomic E-state index is -3.87. The number of nitrogens with zero attached hydrogens (tertiary/aromatic N) is 3. The molecule has 222 valence electrons. The summed E-state index contributed by atoms with van der Waals surface area (Å²) < 4.78 is 28.5. The molecule has 0 fully saturated rings. The first-order valence-electron chi connectivity index (χ1n) is 12.6. The Bertz CT molecular complexity index is 1330. The third-order valence-electron chi connectivity index (χ3n) is 5.01. The summed E-state index contributed by atoms with van der Waals surface area (Å²) in [5, 5.41) is 12.9. The first-order chi connectivity index (χ1) is 19.4. The van der Waals surface area contributed by atoms with Gasteiger partial charge in [-0.1, -0.05) is 78.7 Å². The summed E-state index contributed by atoms with van der Waals surface area (Å²) in [6.07, 6.45) is 0.729. The van der Waals surface area contributed by atoms with E-state index in [9.17, 15) is 8.42 Å². The maximum absolute atomic E-state index is 11.5. The summed E-state index contributed by atoms with van der Waals surface area (Å²) in [7, 11) is -3.87. The molecule has 0 aliphatic carbocycles. The lowest BCUT2D eigenvalue weighted by atomic mass is 10.1. The van der Waals surface area contributed by atoms with E-state index < -0.39 is 15.7 Å². The van der Waals surface area contributed by atoms with E-state index in [0.29, 0.717) is 22.5 Å². The lowest BCUT2D eigenvalue weighted by molar-refractivity contribution is 0.447. The molecule has 0 radical (unpaired) electrons. The number of alkyl halides is 1. The van der Waals surface area contributed by atoms with E-state index in [2.05, 4.69) is 14.4 Å². The Morgan fingerprint density at radius 3 is 1.98 bits per heavy atom. The first-order valence-corrected chi connectivity index (χ1v) is 16.3. The number of nitrogens with one attached hydrogen (secondary N) is 2. The van der Waals surface area contributed by atoms with Crippen LogP contribution in [-0.4, -0.2) is 49.6 Å². The van der Waals surface area contributed by atoms with Gasteiger partial charge in [-0.15, -0.1) is 11.6 Å². The van der Waals surface area contributed by atoms with Gasteiger partial charge in [0.25, 0.3) is 10.2 Å². The van der Waals surface area contributed by atoms with Gasteiger partial charge >= 0.3 is 0 Å². The normalized spacial score (nSPS) is 13.4. The maximum atomic E-state index is 11.5. The minimum Gasteiger partial charge on any atom is -0.295 e. The molecule has 0 saturated carbocycles. The summed E-state index contributed by atoms with van der Waals surface area (Å²) in [6.45, 7) is 6.07. The molecule has 0 amide bonds. The first kappa shape index (κ1) is 34.9. The summed E-state index contributed by atoms with van der Waals surface area (Å²) in [5.41, 5.74) is 1.01. The van der Waals surface area contributed by atoms with Gasteiger partial charge in [-0.05, 0) is 67.8 Å². The van der Waals surface area contributed by atoms with E-state index in [1.807, 2.05) is 79.7 Å². The van der Waals surface area contributed by atoms with E-state index in [0.717, 1.165) is 28.5 Å². The standard InChI is InChI=1S/C20H24Cl2N6O2S2.C6H6.C2H5Cl/c1-20(2,27-32(23,29)30)13-24-19(26-31-17-9-7-16(22)8-10-17)28-12-11-18(25-28)14-3-5-15(21)6-4-14;1-2-4-6-5-3-1;1-2-3/h3-10,27H,11-13H2,1-2H3,(H,24,26)(H2,23,29,30);1-6H;2H2,1H3. The molecule has 1 heterocycles. The fourth-order valence-corrected chi connectivity index (χ4v) is 5.04. The highest BCUT2D eigenvalue weighted by Gasteiger charge is 2.25. The highest BCUT2D eigenvalue weighted by Crippen LogP contribution is 2.21. The van der Waals surface area contributed by atoms with Crippen LogP contribution in [0.15, 0.2) is 99.9 Å². The number of guanidine groups is 1. The van der Waals surface area contributed by atoms with Gasteiger partial charge in [0.2, 0.25) is 5.96 Å². The number of rotatable bonds is 7. The van der Waals surface area contributed by atoms with Gasteiger partial charge < -0.3 is 0 Å². The van der Waals surface area contributed by atoms with Crippen molar-refractivity contribution in [2.24, 2.45) is 15.2 Å². The Labute approximate surface area is 262 Å². The molecule has 8 nitrogen and oxygen atoms in total. The van der Waals surface area contributed by atoms with Crippen LogP contribution in [0.3, 0.4) is 0 Å². The van der Waals surface area contributed by atoms with Gasteiger partial charge in [-0.3, -0.25) is 4.72 Å². The van der Waals surface area contributed by atoms with Crippen LogP contribution in [0.25, 0.3) is 0 Å². The van der Waals surface area contributed by atoms with Gasteiger partial charge in [-0.2, -0.15) is 18.2 Å². The fourth-order valence-electron chi connectivity index (χ4n) is 3.30. The van der Waals surface area contributed by atoms with Crippen molar-refractivity contribution in [1.82, 2.24) is 14.5 Å². The molecule has 13 heteroatoms. The Balaban J connectivity index is 0.000000560. The molecule has 0 saturated heterocycles. The zero-order chi connectivity index (χ0) is 30.3. The molecule has 1 aliphatic rings. The number of nitrogens with two attached hydrogens (primary N) is 1. The quantitative estimate of drug-likeness (QED) is 0.115. The second-order valence-electron chi connectivity index (χ2n) is 9.18. The summed E-state index contributed by atoms with van der Waals surface area (Å²) in [6, 6.07) is 26.9. The van der Waals surface area contributed by atoms with Crippen molar-refractivity contribution >= 4 is 68.6 Å². The number of benzene rings is 3. The molecule has 1 aliphatic heterocycles. The van der Waals surface area contributed by atoms with Gasteiger partial charge in [-0.25, -0.2) is 15.1 Å². The van der Waals surface area contributed by atoms with Crippen LogP contribution in [0.2, 0.25) is 10.0 Å². The zero-order valence-corrected chi connectivity index (χ0v) is 27.0. The van der Waals surface area contributed by atoms with Gasteiger partial charge in [0.15, 0.2) is 0 Å². The van der Waals surface area contributed by atoms with Crippen LogP contribution >= 0.6 is 46.8 Å². The van der Waals surface area contributed by atoms with E-state index in [4.69, 9.17) is 45.0 Å².